The van der Waals surface area contributed by atoms with Crippen molar-refractivity contribution in [1.82, 2.24) is 58.6 Å². The molecule has 77 heavy (non-hydrogen) atoms. The van der Waals surface area contributed by atoms with Crippen LogP contribution in [0.3, 0.4) is 0 Å². The van der Waals surface area contributed by atoms with E-state index in [0.717, 1.165) is 28.2 Å². The summed E-state index contributed by atoms with van der Waals surface area (Å²) in [6, 6.07) is 6.56. The van der Waals surface area contributed by atoms with E-state index in [0.29, 0.717) is 67.2 Å². The van der Waals surface area contributed by atoms with Crippen molar-refractivity contribution in [2.75, 3.05) is 39.9 Å². The number of aromatic nitrogens is 12. The second-order valence-corrected chi connectivity index (χ2v) is 19.8. The van der Waals surface area contributed by atoms with Gasteiger partial charge in [-0.1, -0.05) is 23.2 Å². The lowest BCUT2D eigenvalue weighted by Crippen LogP contribution is -2.41. The molecule has 6 aromatic heterocycles. The molecule has 1 fully saturated rings. The average Bonchev–Trinajstić information content (AvgIpc) is 4.01. The van der Waals surface area contributed by atoms with Crippen molar-refractivity contribution >= 4 is 87.5 Å². The highest BCUT2D eigenvalue weighted by atomic mass is 127. The predicted molar refractivity (Wildman–Crippen MR) is 311 cm³/mol. The van der Waals surface area contributed by atoms with Gasteiger partial charge in [0.15, 0.2) is 11.6 Å². The number of anilines is 2. The largest absolute Gasteiger partial charge is 0.516 e. The summed E-state index contributed by atoms with van der Waals surface area (Å²) in [7, 11) is 12.3. The minimum absolute atomic E-state index is 0. The number of hydrogen-bond acceptors (Lipinski definition) is 18. The molecule has 27 heteroatoms. The van der Waals surface area contributed by atoms with Crippen LogP contribution in [0, 0.1) is 13.8 Å². The van der Waals surface area contributed by atoms with Crippen molar-refractivity contribution in [1.29, 1.82) is 0 Å². The van der Waals surface area contributed by atoms with Crippen LogP contribution in [0.25, 0.3) is 56.4 Å². The molecule has 0 bridgehead atoms. The summed E-state index contributed by atoms with van der Waals surface area (Å²) in [5.74, 6) is 2.27. The molecule has 0 unspecified atom stereocenters. The van der Waals surface area contributed by atoms with E-state index in [-0.39, 0.29) is 62.3 Å². The van der Waals surface area contributed by atoms with E-state index in [4.69, 9.17) is 62.9 Å². The first-order valence-corrected chi connectivity index (χ1v) is 24.6. The fourth-order valence-electron chi connectivity index (χ4n) is 7.73. The number of halogens is 4. The lowest BCUT2D eigenvalue weighted by molar-refractivity contribution is 0.00578. The van der Waals surface area contributed by atoms with Gasteiger partial charge in [0.05, 0.1) is 90.4 Å². The van der Waals surface area contributed by atoms with Crippen LogP contribution >= 0.6 is 63.1 Å². The van der Waals surface area contributed by atoms with Gasteiger partial charge in [0.2, 0.25) is 0 Å². The Morgan fingerprint density at radius 1 is 0.584 bits per heavy atom. The van der Waals surface area contributed by atoms with E-state index in [1.807, 2.05) is 68.0 Å². The second kappa shape index (κ2) is 23.9. The third kappa shape index (κ3) is 12.5. The molecule has 22 nitrogen and oxygen atoms in total. The zero-order valence-electron chi connectivity index (χ0n) is 44.7. The molecule has 2 aromatic carbocycles. The molecule has 0 amide bonds. The van der Waals surface area contributed by atoms with Gasteiger partial charge in [-0.05, 0) is 69.6 Å². The summed E-state index contributed by atoms with van der Waals surface area (Å²) in [4.78, 5) is 52.3. The third-order valence-electron chi connectivity index (χ3n) is 12.5. The summed E-state index contributed by atoms with van der Waals surface area (Å²) in [6.45, 7) is 11.6. The van der Waals surface area contributed by atoms with E-state index in [1.54, 1.807) is 72.5 Å². The maximum Gasteiger partial charge on any atom is 0.516 e. The van der Waals surface area contributed by atoms with Crippen LogP contribution in [0.4, 0.5) is 11.6 Å². The van der Waals surface area contributed by atoms with Crippen molar-refractivity contribution in [2.24, 2.45) is 28.2 Å². The van der Waals surface area contributed by atoms with Gasteiger partial charge >= 0.3 is 7.12 Å². The lowest BCUT2D eigenvalue weighted by Gasteiger charge is -2.32. The van der Waals surface area contributed by atoms with Crippen LogP contribution in [-0.4, -0.2) is 105 Å². The van der Waals surface area contributed by atoms with Gasteiger partial charge in [-0.2, -0.15) is 10.2 Å². The Bertz CT molecular complexity index is 3610. The monoisotopic (exact) mass is 1270 g/mol. The summed E-state index contributed by atoms with van der Waals surface area (Å²) in [5, 5.41) is 9.11. The SMILES string of the molecule is COc1cc(OC)c(Cl)c(-c2nc(-c3nc(-c4cn(C)nc4C)cnc3N)cn(C)c2=O)c1.COc1cc(OC)c(Cl)c(-c2nc(B3OC(C)(C)C(C)(C)O3)cn(C)c2=O)c1.Cc1nn(C)cc1-c1cnc(N)c(Br)n1.I. The van der Waals surface area contributed by atoms with Crippen molar-refractivity contribution in [3.8, 4) is 79.4 Å². The van der Waals surface area contributed by atoms with Gasteiger partial charge in [-0.3, -0.25) is 19.0 Å². The van der Waals surface area contributed by atoms with Crippen LogP contribution in [-0.2, 0) is 37.5 Å². The Morgan fingerprint density at radius 2 is 1.01 bits per heavy atom. The molecule has 0 saturated carbocycles. The highest BCUT2D eigenvalue weighted by Gasteiger charge is 2.52. The number of hydrogen-bond donors (Lipinski definition) is 2. The maximum atomic E-state index is 13.0. The second-order valence-electron chi connectivity index (χ2n) is 18.3. The maximum absolute atomic E-state index is 13.0. The van der Waals surface area contributed by atoms with Crippen LogP contribution in [0.15, 0.2) is 75.6 Å². The Hall–Kier alpha value is -6.65. The van der Waals surface area contributed by atoms with Gasteiger partial charge in [0, 0.05) is 87.4 Å². The number of benzene rings is 2. The average molecular weight is 1270 g/mol. The van der Waals surface area contributed by atoms with Gasteiger partial charge in [0.25, 0.3) is 11.1 Å². The molecular formula is C50H57BBrCl2IN14O8. The third-order valence-corrected chi connectivity index (χ3v) is 13.8. The van der Waals surface area contributed by atoms with E-state index in [9.17, 15) is 9.59 Å². The van der Waals surface area contributed by atoms with Crippen LogP contribution < -0.4 is 47.1 Å². The fourth-order valence-corrected chi connectivity index (χ4v) is 8.57. The van der Waals surface area contributed by atoms with E-state index in [1.165, 1.54) is 37.6 Å². The molecule has 1 aliphatic heterocycles. The van der Waals surface area contributed by atoms with Crippen molar-refractivity contribution < 1.29 is 28.3 Å². The van der Waals surface area contributed by atoms with Crippen LogP contribution in [0.2, 0.25) is 10.0 Å². The number of nitrogens with two attached hydrogens (primary N) is 2. The van der Waals surface area contributed by atoms with Gasteiger partial charge in [-0.25, -0.2) is 29.9 Å². The Morgan fingerprint density at radius 3 is 1.44 bits per heavy atom. The Kier molecular flexibility index (Phi) is 18.5. The minimum Gasteiger partial charge on any atom is -0.497 e. The number of nitrogen functional groups attached to an aromatic ring is 2. The number of methoxy groups -OCH3 is 4. The molecule has 0 atom stereocenters. The molecule has 4 N–H and O–H groups in total. The highest BCUT2D eigenvalue weighted by molar-refractivity contribution is 14.0. The van der Waals surface area contributed by atoms with Crippen molar-refractivity contribution in [2.45, 2.75) is 52.7 Å². The first-order valence-electron chi connectivity index (χ1n) is 23.1. The van der Waals surface area contributed by atoms with Crippen LogP contribution in [0.5, 0.6) is 23.0 Å². The molecule has 7 heterocycles. The number of ether oxygens (including phenoxy) is 4. The molecule has 1 aliphatic rings. The number of aryl methyl sites for hydroxylation is 6. The van der Waals surface area contributed by atoms with E-state index in [2.05, 4.69) is 56.0 Å². The normalized spacial score (nSPS) is 13.2. The van der Waals surface area contributed by atoms with Crippen molar-refractivity contribution in [3.05, 3.63) is 108 Å². The molecule has 8 aromatic rings. The molecule has 406 valence electrons. The first-order chi connectivity index (χ1) is 35.8. The van der Waals surface area contributed by atoms with Crippen molar-refractivity contribution in [3.63, 3.8) is 0 Å². The number of nitrogens with zero attached hydrogens (tertiary/aromatic N) is 12. The topological polar surface area (TPSA) is 264 Å². The number of rotatable bonds is 10. The summed E-state index contributed by atoms with van der Waals surface area (Å²) < 4.78 is 40.3. The highest BCUT2D eigenvalue weighted by Crippen LogP contribution is 2.40. The summed E-state index contributed by atoms with van der Waals surface area (Å²) in [6.07, 6.45) is 10.1. The van der Waals surface area contributed by atoms with Gasteiger partial charge in [-0.15, -0.1) is 24.0 Å². The van der Waals surface area contributed by atoms with E-state index < -0.39 is 18.3 Å². The standard InChI is InChI=1S/C22H22ClN7O3.C19H24BClN2O5.C9H10BrN5.HI/c1-11-14(9-30(3)28-11)15-8-25-21(24)20(26-15)16-10-29(2)22(31)19(27-16)13-6-12(32-4)7-17(33-5)18(13)23;1-18(2)19(3,4)28-20(27-18)14-10-23(5)17(24)16(22-14)12-8-11(25-6)9-13(26-7)15(12)21;1-5-6(4-15(2)14-5)7-3-12-9(11)8(10)13-7;/h6-10H,1-5H3,(H2,24,25);8-10H,1-7H3;3-4H,1-2H3,(H2,11,12);1H. The van der Waals surface area contributed by atoms with Crippen LogP contribution in [0.1, 0.15) is 39.1 Å². The van der Waals surface area contributed by atoms with Gasteiger partial charge < -0.3 is 48.9 Å². The molecule has 0 aliphatic carbocycles. The van der Waals surface area contributed by atoms with E-state index >= 15 is 0 Å². The lowest BCUT2D eigenvalue weighted by atomic mass is 9.85. The molecular weight excluding hydrogens is 1210 g/mol. The molecule has 0 spiro atoms. The Balaban J connectivity index is 0.000000198. The molecule has 0 radical (unpaired) electrons. The molecule has 9 rings (SSSR count). The predicted octanol–water partition coefficient (Wildman–Crippen LogP) is 7.43. The fraction of sp³-hybridized carbons (Fsp3) is 0.320. The summed E-state index contributed by atoms with van der Waals surface area (Å²) >= 11 is 16.2. The zero-order valence-corrected chi connectivity index (χ0v) is 50.1. The minimum atomic E-state index is -0.707. The quantitative estimate of drug-likeness (QED) is 0.0995. The molecule has 1 saturated heterocycles. The first kappa shape index (κ1) is 59.6. The smallest absolute Gasteiger partial charge is 0.497 e. The van der Waals surface area contributed by atoms with Gasteiger partial charge in [0.1, 0.15) is 50.4 Å². The Labute approximate surface area is 479 Å². The zero-order chi connectivity index (χ0) is 55.7. The summed E-state index contributed by atoms with van der Waals surface area (Å²) in [5.41, 5.74) is 17.1.